The fourth-order valence-electron chi connectivity index (χ4n) is 2.27. The van der Waals surface area contributed by atoms with Crippen molar-refractivity contribution < 1.29 is 0 Å². The molecule has 0 bridgehead atoms. The van der Waals surface area contributed by atoms with Gasteiger partial charge in [0.15, 0.2) is 0 Å². The van der Waals surface area contributed by atoms with Gasteiger partial charge in [0, 0.05) is 6.54 Å². The summed E-state index contributed by atoms with van der Waals surface area (Å²) in [5.74, 6) is 1.07. The first-order valence-electron chi connectivity index (χ1n) is 7.21. The summed E-state index contributed by atoms with van der Waals surface area (Å²) in [6, 6.07) is 17.0. The molecule has 0 N–H and O–H groups in total. The summed E-state index contributed by atoms with van der Waals surface area (Å²) in [7, 11) is 0. The minimum absolute atomic E-state index is 0.882. The number of hydrogen-bond donors (Lipinski definition) is 0. The third kappa shape index (κ3) is 2.90. The minimum Gasteiger partial charge on any atom is -0.324 e. The van der Waals surface area contributed by atoms with Crippen LogP contribution >= 0.6 is 0 Å². The molecular weight excluding hydrogens is 244 g/mol. The van der Waals surface area contributed by atoms with E-state index in [1.807, 2.05) is 19.9 Å². The van der Waals surface area contributed by atoms with Gasteiger partial charge in [-0.2, -0.15) is 0 Å². The Morgan fingerprint density at radius 3 is 2.25 bits per heavy atom. The van der Waals surface area contributed by atoms with Gasteiger partial charge in [-0.3, -0.25) is 0 Å². The number of aromatic nitrogens is 2. The largest absolute Gasteiger partial charge is 0.324 e. The summed E-state index contributed by atoms with van der Waals surface area (Å²) in [6.45, 7) is 9.06. The summed E-state index contributed by atoms with van der Waals surface area (Å²) in [6.07, 6.45) is 0. The van der Waals surface area contributed by atoms with E-state index in [0.29, 0.717) is 0 Å². The minimum atomic E-state index is 0.882. The predicted octanol–water partition coefficient (Wildman–Crippen LogP) is 4.73. The Hall–Kier alpha value is -2.09. The Morgan fingerprint density at radius 1 is 0.900 bits per heavy atom. The molecule has 0 radical (unpaired) electrons. The van der Waals surface area contributed by atoms with Gasteiger partial charge < -0.3 is 4.57 Å². The lowest BCUT2D eigenvalue weighted by atomic mass is 10.1. The number of hydrogen-bond acceptors (Lipinski definition) is 1. The molecule has 2 heteroatoms. The molecule has 0 unspecified atom stereocenters. The fourth-order valence-corrected chi connectivity index (χ4v) is 2.27. The van der Waals surface area contributed by atoms with Gasteiger partial charge in [0.05, 0.1) is 11.0 Å². The van der Waals surface area contributed by atoms with Crippen LogP contribution in [0.4, 0.5) is 0 Å². The molecule has 3 rings (SSSR count). The van der Waals surface area contributed by atoms with Crippen molar-refractivity contribution in [2.45, 2.75) is 34.2 Å². The normalized spacial score (nSPS) is 10.2. The molecule has 0 aliphatic carbocycles. The molecule has 1 aromatic heterocycles. The lowest BCUT2D eigenvalue weighted by Gasteiger charge is -2.07. The van der Waals surface area contributed by atoms with Crippen molar-refractivity contribution in [2.24, 2.45) is 0 Å². The lowest BCUT2D eigenvalue weighted by Crippen LogP contribution is -2.01. The highest BCUT2D eigenvalue weighted by atomic mass is 15.1. The predicted molar refractivity (Wildman–Crippen MR) is 86.1 cm³/mol. The van der Waals surface area contributed by atoms with Crippen molar-refractivity contribution in [1.82, 2.24) is 9.55 Å². The lowest BCUT2D eigenvalue weighted by molar-refractivity contribution is 0.786. The van der Waals surface area contributed by atoms with Crippen molar-refractivity contribution in [2.75, 3.05) is 0 Å². The van der Waals surface area contributed by atoms with E-state index in [-0.39, 0.29) is 0 Å². The highest BCUT2D eigenvalue weighted by molar-refractivity contribution is 5.75. The summed E-state index contributed by atoms with van der Waals surface area (Å²) in [4.78, 5) is 4.59. The molecule has 0 spiro atoms. The molecule has 0 aliphatic heterocycles. The number of nitrogens with zero attached hydrogens (tertiary/aromatic N) is 2. The van der Waals surface area contributed by atoms with E-state index in [2.05, 4.69) is 65.9 Å². The molecule has 1 heterocycles. The zero-order valence-electron chi connectivity index (χ0n) is 12.7. The topological polar surface area (TPSA) is 17.8 Å². The van der Waals surface area contributed by atoms with Crippen molar-refractivity contribution in [3.05, 3.63) is 65.5 Å². The van der Waals surface area contributed by atoms with Gasteiger partial charge in [0.25, 0.3) is 0 Å². The third-order valence-electron chi connectivity index (χ3n) is 3.31. The van der Waals surface area contributed by atoms with Crippen LogP contribution in [0.15, 0.2) is 48.5 Å². The Balaban J connectivity index is 0.000000704. The van der Waals surface area contributed by atoms with Crippen LogP contribution in [0.25, 0.3) is 11.0 Å². The quantitative estimate of drug-likeness (QED) is 0.656. The Bertz CT molecular complexity index is 678. The number of fused-ring (bicyclic) bond motifs is 1. The van der Waals surface area contributed by atoms with Gasteiger partial charge in [0.1, 0.15) is 5.82 Å². The van der Waals surface area contributed by atoms with Crippen LogP contribution in [0, 0.1) is 13.8 Å². The van der Waals surface area contributed by atoms with E-state index in [1.165, 1.54) is 16.6 Å². The van der Waals surface area contributed by atoms with Crippen LogP contribution in [0.2, 0.25) is 0 Å². The van der Waals surface area contributed by atoms with Gasteiger partial charge >= 0.3 is 0 Å². The molecule has 0 saturated carbocycles. The van der Waals surface area contributed by atoms with Gasteiger partial charge in [-0.25, -0.2) is 4.98 Å². The fraction of sp³-hybridized carbons (Fsp3) is 0.278. The monoisotopic (exact) mass is 266 g/mol. The summed E-state index contributed by atoms with van der Waals surface area (Å²) in [5.41, 5.74) is 4.88. The van der Waals surface area contributed by atoms with E-state index in [0.717, 1.165) is 17.9 Å². The zero-order valence-corrected chi connectivity index (χ0v) is 12.7. The first-order valence-corrected chi connectivity index (χ1v) is 7.21. The summed E-state index contributed by atoms with van der Waals surface area (Å²) >= 11 is 0. The molecule has 104 valence electrons. The maximum absolute atomic E-state index is 4.59. The Morgan fingerprint density at radius 2 is 1.55 bits per heavy atom. The van der Waals surface area contributed by atoms with Crippen LogP contribution < -0.4 is 0 Å². The van der Waals surface area contributed by atoms with Crippen LogP contribution in [0.5, 0.6) is 0 Å². The molecule has 0 amide bonds. The first kappa shape index (κ1) is 14.3. The zero-order chi connectivity index (χ0) is 14.5. The van der Waals surface area contributed by atoms with Crippen LogP contribution in [0.3, 0.4) is 0 Å². The molecule has 0 fully saturated rings. The van der Waals surface area contributed by atoms with Gasteiger partial charge in [-0.15, -0.1) is 0 Å². The first-order chi connectivity index (χ1) is 9.74. The molecule has 3 aromatic rings. The van der Waals surface area contributed by atoms with E-state index < -0.39 is 0 Å². The van der Waals surface area contributed by atoms with Crippen LogP contribution in [0.1, 0.15) is 30.8 Å². The van der Waals surface area contributed by atoms with E-state index in [1.54, 1.807) is 0 Å². The number of benzene rings is 2. The van der Waals surface area contributed by atoms with E-state index in [4.69, 9.17) is 0 Å². The van der Waals surface area contributed by atoms with Crippen molar-refractivity contribution in [3.63, 3.8) is 0 Å². The maximum Gasteiger partial charge on any atom is 0.107 e. The smallest absolute Gasteiger partial charge is 0.107 e. The van der Waals surface area contributed by atoms with Crippen molar-refractivity contribution in [3.8, 4) is 0 Å². The van der Waals surface area contributed by atoms with Gasteiger partial charge in [0.2, 0.25) is 0 Å². The van der Waals surface area contributed by atoms with E-state index in [9.17, 15) is 0 Å². The molecule has 0 atom stereocenters. The van der Waals surface area contributed by atoms with E-state index >= 15 is 0 Å². The second-order valence-electron chi connectivity index (χ2n) is 4.72. The average molecular weight is 266 g/mol. The maximum atomic E-state index is 4.59. The molecule has 20 heavy (non-hydrogen) atoms. The number of imidazole rings is 1. The average Bonchev–Trinajstić information content (AvgIpc) is 2.80. The van der Waals surface area contributed by atoms with Crippen molar-refractivity contribution >= 4 is 11.0 Å². The van der Waals surface area contributed by atoms with Crippen LogP contribution in [-0.4, -0.2) is 9.55 Å². The number of rotatable bonds is 2. The molecule has 0 aliphatic rings. The SMILES string of the molecule is CC.Cc1ccc(Cn2c(C)nc3ccccc32)cc1. The second kappa shape index (κ2) is 6.38. The van der Waals surface area contributed by atoms with Gasteiger partial charge in [-0.05, 0) is 31.5 Å². The summed E-state index contributed by atoms with van der Waals surface area (Å²) < 4.78 is 2.26. The highest BCUT2D eigenvalue weighted by Gasteiger charge is 2.06. The molecule has 2 nitrogen and oxygen atoms in total. The Kier molecular flexibility index (Phi) is 4.57. The molecular formula is C18H22N2. The third-order valence-corrected chi connectivity index (χ3v) is 3.31. The standard InChI is InChI=1S/C16H16N2.C2H6/c1-12-7-9-14(10-8-12)11-18-13(2)17-15-5-3-4-6-16(15)18;1-2/h3-10H,11H2,1-2H3;1-2H3. The number of aryl methyl sites for hydroxylation is 2. The summed E-state index contributed by atoms with van der Waals surface area (Å²) in [5, 5.41) is 0. The van der Waals surface area contributed by atoms with Crippen molar-refractivity contribution in [1.29, 1.82) is 0 Å². The molecule has 2 aromatic carbocycles. The van der Waals surface area contributed by atoms with Crippen LogP contribution in [-0.2, 0) is 6.54 Å². The Labute approximate surface area is 121 Å². The second-order valence-corrected chi connectivity index (χ2v) is 4.72. The van der Waals surface area contributed by atoms with Gasteiger partial charge in [-0.1, -0.05) is 55.8 Å². The number of para-hydroxylation sites is 2. The molecule has 0 saturated heterocycles. The highest BCUT2D eigenvalue weighted by Crippen LogP contribution is 2.17.